The van der Waals surface area contributed by atoms with Crippen LogP contribution in [0.15, 0.2) is 89.8 Å². The highest BCUT2D eigenvalue weighted by Crippen LogP contribution is 2.11. The van der Waals surface area contributed by atoms with Crippen LogP contribution in [-0.4, -0.2) is 43.4 Å². The van der Waals surface area contributed by atoms with Gasteiger partial charge < -0.3 is 15.8 Å². The molecule has 1 amide bonds. The third kappa shape index (κ3) is 11.8. The van der Waals surface area contributed by atoms with Crippen LogP contribution in [0.2, 0.25) is 0 Å². The lowest BCUT2D eigenvalue weighted by atomic mass is 9.97. The molecule has 0 heterocycles. The van der Waals surface area contributed by atoms with E-state index < -0.39 is 22.2 Å². The molecule has 9 heteroatoms. The van der Waals surface area contributed by atoms with E-state index in [1.165, 1.54) is 12.1 Å². The highest BCUT2D eigenvalue weighted by molar-refractivity contribution is 7.85. The Morgan fingerprint density at radius 3 is 2.00 bits per heavy atom. The Bertz CT molecular complexity index is 1280. The van der Waals surface area contributed by atoms with Crippen molar-refractivity contribution in [3.63, 3.8) is 0 Å². The number of ketones is 1. The summed E-state index contributed by atoms with van der Waals surface area (Å²) in [4.78, 5) is 25.2. The van der Waals surface area contributed by atoms with Crippen molar-refractivity contribution in [2.24, 2.45) is 11.7 Å². The van der Waals surface area contributed by atoms with Crippen molar-refractivity contribution in [3.8, 4) is 0 Å². The molecule has 3 aromatic rings. The molecule has 4 N–H and O–H groups in total. The first-order valence-electron chi connectivity index (χ1n) is 13.3. The Morgan fingerprint density at radius 2 is 1.48 bits per heavy atom. The molecular weight excluding hydrogens is 528 g/mol. The molecule has 0 fully saturated rings. The van der Waals surface area contributed by atoms with Gasteiger partial charge in [-0.15, -0.1) is 0 Å². The van der Waals surface area contributed by atoms with E-state index in [0.29, 0.717) is 19.4 Å². The fourth-order valence-corrected chi connectivity index (χ4v) is 4.18. The molecule has 0 radical (unpaired) electrons. The molecule has 0 bridgehead atoms. The van der Waals surface area contributed by atoms with Gasteiger partial charge in [-0.2, -0.15) is 8.42 Å². The molecule has 8 nitrogen and oxygen atoms in total. The lowest BCUT2D eigenvalue weighted by molar-refractivity contribution is -0.131. The quantitative estimate of drug-likeness (QED) is 0.258. The van der Waals surface area contributed by atoms with Gasteiger partial charge in [0.05, 0.1) is 23.6 Å². The van der Waals surface area contributed by atoms with Gasteiger partial charge in [-0.05, 0) is 48.9 Å². The minimum atomic E-state index is -4.02. The maximum absolute atomic E-state index is 12.8. The highest BCUT2D eigenvalue weighted by Gasteiger charge is 2.26. The van der Waals surface area contributed by atoms with Crippen molar-refractivity contribution in [2.75, 3.05) is 6.61 Å². The molecule has 0 saturated heterocycles. The number of aryl methyl sites for hydroxylation is 2. The second-order valence-electron chi connectivity index (χ2n) is 9.73. The normalized spacial score (nSPS) is 13.3. The van der Waals surface area contributed by atoms with E-state index in [-0.39, 0.29) is 29.1 Å². The Morgan fingerprint density at radius 1 is 0.925 bits per heavy atom. The molecule has 0 aliphatic rings. The Hall–Kier alpha value is -3.37. The summed E-state index contributed by atoms with van der Waals surface area (Å²) in [6.45, 7) is 6.08. The number of nitrogens with two attached hydrogens (primary N) is 1. The summed E-state index contributed by atoms with van der Waals surface area (Å²) in [5, 5.41) is 2.86. The zero-order chi connectivity index (χ0) is 29.5. The van der Waals surface area contributed by atoms with Gasteiger partial charge in [0, 0.05) is 0 Å². The first-order chi connectivity index (χ1) is 19.0. The molecule has 40 heavy (non-hydrogen) atoms. The summed E-state index contributed by atoms with van der Waals surface area (Å²) in [5.41, 5.74) is 9.13. The molecule has 0 aromatic heterocycles. The second-order valence-corrected chi connectivity index (χ2v) is 11.2. The first kappa shape index (κ1) is 32.8. The van der Waals surface area contributed by atoms with Gasteiger partial charge in [0.15, 0.2) is 5.78 Å². The van der Waals surface area contributed by atoms with Gasteiger partial charge in [-0.3, -0.25) is 14.1 Å². The molecule has 0 spiro atoms. The summed E-state index contributed by atoms with van der Waals surface area (Å²) in [5.74, 6) is -0.371. The monoisotopic (exact) mass is 568 g/mol. The topological polar surface area (TPSA) is 136 Å². The van der Waals surface area contributed by atoms with Crippen LogP contribution in [0.25, 0.3) is 0 Å². The zero-order valence-corrected chi connectivity index (χ0v) is 24.1. The minimum absolute atomic E-state index is 0.0484. The summed E-state index contributed by atoms with van der Waals surface area (Å²) < 4.78 is 35.1. The molecule has 0 aliphatic heterocycles. The van der Waals surface area contributed by atoms with Crippen LogP contribution in [-0.2, 0) is 37.5 Å². The smallest absolute Gasteiger partial charge is 0.294 e. The molecule has 3 aromatic carbocycles. The summed E-state index contributed by atoms with van der Waals surface area (Å²) >= 11 is 0. The van der Waals surface area contributed by atoms with E-state index in [1.54, 1.807) is 12.1 Å². The Balaban J connectivity index is 0.000000425. The Labute approximate surface area is 237 Å². The van der Waals surface area contributed by atoms with Gasteiger partial charge in [0.25, 0.3) is 10.1 Å². The molecule has 0 aliphatic carbocycles. The van der Waals surface area contributed by atoms with Crippen LogP contribution < -0.4 is 11.1 Å². The Kier molecular flexibility index (Phi) is 13.7. The standard InChI is InChI=1S/C24H32N2O3.C7H8O3S/c1-3-18(2)23(25)24(28)26-21(15-14-19-10-6-4-7-11-19)22(27)17-29-16-20-12-8-5-9-13-20;1-6-2-4-7(5-3-6)11(8,9)10/h4-13,18,21,23H,3,14-17,25H2,1-2H3,(H,26,28);2-5H,1H3,(H,8,9,10). The zero-order valence-electron chi connectivity index (χ0n) is 23.3. The van der Waals surface area contributed by atoms with E-state index in [4.69, 9.17) is 15.0 Å². The summed E-state index contributed by atoms with van der Waals surface area (Å²) in [6.07, 6.45) is 2.00. The fraction of sp³-hybridized carbons (Fsp3) is 0.355. The molecule has 3 atom stereocenters. The molecule has 3 unspecified atom stereocenters. The maximum atomic E-state index is 12.8. The third-order valence-electron chi connectivity index (χ3n) is 6.50. The first-order valence-corrected chi connectivity index (χ1v) is 14.7. The number of amides is 1. The van der Waals surface area contributed by atoms with E-state index in [2.05, 4.69) is 5.32 Å². The van der Waals surface area contributed by atoms with Crippen molar-refractivity contribution < 1.29 is 27.3 Å². The fourth-order valence-electron chi connectivity index (χ4n) is 3.70. The molecule has 3 rings (SSSR count). The number of hydrogen-bond acceptors (Lipinski definition) is 6. The maximum Gasteiger partial charge on any atom is 0.294 e. The number of rotatable bonds is 13. The lowest BCUT2D eigenvalue weighted by Crippen LogP contribution is -2.51. The van der Waals surface area contributed by atoms with Crippen molar-refractivity contribution in [1.82, 2.24) is 5.32 Å². The number of benzene rings is 3. The number of hydrogen-bond donors (Lipinski definition) is 3. The van der Waals surface area contributed by atoms with E-state index >= 15 is 0 Å². The average molecular weight is 569 g/mol. The van der Waals surface area contributed by atoms with E-state index in [9.17, 15) is 18.0 Å². The van der Waals surface area contributed by atoms with Crippen molar-refractivity contribution in [1.29, 1.82) is 0 Å². The second kappa shape index (κ2) is 16.7. The average Bonchev–Trinajstić information content (AvgIpc) is 2.95. The van der Waals surface area contributed by atoms with Crippen molar-refractivity contribution >= 4 is 21.8 Å². The highest BCUT2D eigenvalue weighted by atomic mass is 32.2. The molecule has 216 valence electrons. The largest absolute Gasteiger partial charge is 0.369 e. The minimum Gasteiger partial charge on any atom is -0.369 e. The SMILES string of the molecule is CCC(C)C(N)C(=O)NC(CCc1ccccc1)C(=O)COCc1ccccc1.Cc1ccc(S(=O)(=O)O)cc1. The van der Waals surface area contributed by atoms with Crippen LogP contribution in [0.1, 0.15) is 43.4 Å². The van der Waals surface area contributed by atoms with Crippen LogP contribution in [0.5, 0.6) is 0 Å². The van der Waals surface area contributed by atoms with Gasteiger partial charge in [0.1, 0.15) is 6.61 Å². The van der Waals surface area contributed by atoms with Crippen LogP contribution in [0.4, 0.5) is 0 Å². The van der Waals surface area contributed by atoms with Gasteiger partial charge in [0.2, 0.25) is 5.91 Å². The molecule has 0 saturated carbocycles. The van der Waals surface area contributed by atoms with Crippen molar-refractivity contribution in [2.45, 2.75) is 63.6 Å². The van der Waals surface area contributed by atoms with E-state index in [0.717, 1.165) is 23.1 Å². The molecular formula is C31H40N2O6S. The van der Waals surface area contributed by atoms with Crippen LogP contribution in [0.3, 0.4) is 0 Å². The van der Waals surface area contributed by atoms with Crippen LogP contribution >= 0.6 is 0 Å². The third-order valence-corrected chi connectivity index (χ3v) is 7.37. The number of nitrogens with one attached hydrogen (secondary N) is 1. The number of carbonyl (C=O) groups is 2. The predicted octanol–water partition coefficient (Wildman–Crippen LogP) is 4.51. The predicted molar refractivity (Wildman–Crippen MR) is 156 cm³/mol. The summed E-state index contributed by atoms with van der Waals surface area (Å²) in [6, 6.07) is 24.3. The van der Waals surface area contributed by atoms with Gasteiger partial charge >= 0.3 is 0 Å². The van der Waals surface area contributed by atoms with Crippen LogP contribution in [0, 0.1) is 12.8 Å². The number of ether oxygens (including phenoxy) is 1. The van der Waals surface area contributed by atoms with Crippen molar-refractivity contribution in [3.05, 3.63) is 102 Å². The van der Waals surface area contributed by atoms with E-state index in [1.807, 2.05) is 81.4 Å². The number of carbonyl (C=O) groups excluding carboxylic acids is 2. The summed E-state index contributed by atoms with van der Waals surface area (Å²) in [7, 11) is -4.02. The lowest BCUT2D eigenvalue weighted by Gasteiger charge is -2.23. The van der Waals surface area contributed by atoms with Gasteiger partial charge in [-0.1, -0.05) is 98.6 Å². The van der Waals surface area contributed by atoms with Gasteiger partial charge in [-0.25, -0.2) is 0 Å². The number of Topliss-reactive ketones (excluding diaryl/α,β-unsaturated/α-hetero) is 1.